The van der Waals surface area contributed by atoms with Gasteiger partial charge in [0.15, 0.2) is 0 Å². The van der Waals surface area contributed by atoms with Crippen molar-refractivity contribution in [2.24, 2.45) is 5.92 Å². The number of aliphatic hydroxyl groups is 1. The normalized spacial score (nSPS) is 12.3. The predicted octanol–water partition coefficient (Wildman–Crippen LogP) is 1.24. The lowest BCUT2D eigenvalue weighted by molar-refractivity contribution is -0.149. The number of carbonyl (C=O) groups excluding carboxylic acids is 2. The number of carbonyl (C=O) groups is 2. The largest absolute Gasteiger partial charge is 0.464 e. The molecule has 0 aromatic rings. The molecule has 0 aliphatic carbocycles. The Morgan fingerprint density at radius 1 is 1.17 bits per heavy atom. The topological polar surface area (TPSA) is 75.6 Å². The van der Waals surface area contributed by atoms with Crippen LogP contribution in [0.4, 0.5) is 0 Å². The Balaban J connectivity index is 3.85. The molecule has 0 saturated heterocycles. The van der Waals surface area contributed by atoms with E-state index in [1.807, 2.05) is 13.8 Å². The van der Waals surface area contributed by atoms with Crippen molar-refractivity contribution in [3.63, 3.8) is 0 Å². The van der Waals surface area contributed by atoms with Gasteiger partial charge < -0.3 is 15.2 Å². The molecule has 1 amide bonds. The summed E-state index contributed by atoms with van der Waals surface area (Å²) in [6.07, 6.45) is 3.44. The van der Waals surface area contributed by atoms with Crippen molar-refractivity contribution in [2.45, 2.75) is 52.5 Å². The minimum atomic E-state index is -0.569. The van der Waals surface area contributed by atoms with Gasteiger partial charge in [-0.2, -0.15) is 0 Å². The number of amides is 1. The van der Waals surface area contributed by atoms with E-state index in [4.69, 9.17) is 9.84 Å². The number of hydrogen-bond acceptors (Lipinski definition) is 4. The second-order valence-corrected chi connectivity index (χ2v) is 4.73. The SMILES string of the molecule is CC(=O)NC(C(=O)OCCCCCCO)C(C)C. The van der Waals surface area contributed by atoms with E-state index in [-0.39, 0.29) is 24.4 Å². The summed E-state index contributed by atoms with van der Waals surface area (Å²) >= 11 is 0. The molecular formula is C13H25NO4. The lowest BCUT2D eigenvalue weighted by Gasteiger charge is -2.19. The molecule has 0 saturated carbocycles. The highest BCUT2D eigenvalue weighted by molar-refractivity contribution is 5.83. The lowest BCUT2D eigenvalue weighted by Crippen LogP contribution is -2.44. The molecule has 0 fully saturated rings. The predicted molar refractivity (Wildman–Crippen MR) is 69.0 cm³/mol. The Morgan fingerprint density at radius 3 is 2.28 bits per heavy atom. The fourth-order valence-electron chi connectivity index (χ4n) is 1.55. The summed E-state index contributed by atoms with van der Waals surface area (Å²) in [5.74, 6) is -0.591. The summed E-state index contributed by atoms with van der Waals surface area (Å²) < 4.78 is 5.13. The molecule has 0 heterocycles. The highest BCUT2D eigenvalue weighted by Gasteiger charge is 2.24. The maximum Gasteiger partial charge on any atom is 0.328 e. The quantitative estimate of drug-likeness (QED) is 0.482. The van der Waals surface area contributed by atoms with Gasteiger partial charge in [-0.15, -0.1) is 0 Å². The second kappa shape index (κ2) is 9.88. The second-order valence-electron chi connectivity index (χ2n) is 4.73. The molecule has 5 nitrogen and oxygen atoms in total. The third-order valence-electron chi connectivity index (χ3n) is 2.58. The van der Waals surface area contributed by atoms with Gasteiger partial charge in [0, 0.05) is 13.5 Å². The van der Waals surface area contributed by atoms with Crippen molar-refractivity contribution in [3.05, 3.63) is 0 Å². The molecule has 0 radical (unpaired) electrons. The van der Waals surface area contributed by atoms with Gasteiger partial charge in [0.05, 0.1) is 6.61 Å². The van der Waals surface area contributed by atoms with Crippen LogP contribution in [0.2, 0.25) is 0 Å². The molecular weight excluding hydrogens is 234 g/mol. The molecule has 2 N–H and O–H groups in total. The number of esters is 1. The molecule has 0 aliphatic rings. The summed E-state index contributed by atoms with van der Waals surface area (Å²) in [4.78, 5) is 22.7. The van der Waals surface area contributed by atoms with Crippen LogP contribution >= 0.6 is 0 Å². The summed E-state index contributed by atoms with van der Waals surface area (Å²) in [6.45, 7) is 5.69. The van der Waals surface area contributed by atoms with Gasteiger partial charge >= 0.3 is 5.97 Å². The molecule has 1 atom stereocenters. The van der Waals surface area contributed by atoms with Gasteiger partial charge in [0.25, 0.3) is 0 Å². The van der Waals surface area contributed by atoms with E-state index in [9.17, 15) is 9.59 Å². The van der Waals surface area contributed by atoms with Crippen LogP contribution < -0.4 is 5.32 Å². The third-order valence-corrected chi connectivity index (χ3v) is 2.58. The number of unbranched alkanes of at least 4 members (excludes halogenated alkanes) is 3. The number of hydrogen-bond donors (Lipinski definition) is 2. The summed E-state index contributed by atoms with van der Waals surface area (Å²) in [5, 5.41) is 11.2. The van der Waals surface area contributed by atoms with E-state index in [0.717, 1.165) is 25.7 Å². The van der Waals surface area contributed by atoms with Crippen LogP contribution in [0.3, 0.4) is 0 Å². The van der Waals surface area contributed by atoms with Gasteiger partial charge in [-0.3, -0.25) is 4.79 Å². The van der Waals surface area contributed by atoms with Crippen LogP contribution in [-0.4, -0.2) is 36.2 Å². The molecule has 0 spiro atoms. The van der Waals surface area contributed by atoms with Gasteiger partial charge in [0.1, 0.15) is 6.04 Å². The molecule has 0 bridgehead atoms. The average Bonchev–Trinajstić information content (AvgIpc) is 2.29. The molecule has 18 heavy (non-hydrogen) atoms. The molecule has 1 unspecified atom stereocenters. The first-order chi connectivity index (χ1) is 8.49. The van der Waals surface area contributed by atoms with Crippen LogP contribution in [0.5, 0.6) is 0 Å². The maximum absolute atomic E-state index is 11.7. The number of nitrogens with one attached hydrogen (secondary N) is 1. The van der Waals surface area contributed by atoms with Crippen LogP contribution in [0.15, 0.2) is 0 Å². The number of rotatable bonds is 9. The first-order valence-electron chi connectivity index (χ1n) is 6.53. The Morgan fingerprint density at radius 2 is 1.78 bits per heavy atom. The van der Waals surface area contributed by atoms with Crippen molar-refractivity contribution in [1.29, 1.82) is 0 Å². The van der Waals surface area contributed by atoms with Crippen molar-refractivity contribution in [1.82, 2.24) is 5.32 Å². The molecule has 0 aliphatic heterocycles. The zero-order valence-electron chi connectivity index (χ0n) is 11.6. The molecule has 0 aromatic carbocycles. The van der Waals surface area contributed by atoms with Crippen LogP contribution in [0.1, 0.15) is 46.5 Å². The Labute approximate surface area is 109 Å². The average molecular weight is 259 g/mol. The number of ether oxygens (including phenoxy) is 1. The zero-order chi connectivity index (χ0) is 14.0. The van der Waals surface area contributed by atoms with E-state index < -0.39 is 6.04 Å². The standard InChI is InChI=1S/C13H25NO4/c1-10(2)12(14-11(3)16)13(17)18-9-7-5-4-6-8-15/h10,12,15H,4-9H2,1-3H3,(H,14,16). The zero-order valence-corrected chi connectivity index (χ0v) is 11.6. The fraction of sp³-hybridized carbons (Fsp3) is 0.846. The van der Waals surface area contributed by atoms with Crippen molar-refractivity contribution in [3.8, 4) is 0 Å². The van der Waals surface area contributed by atoms with Gasteiger partial charge in [-0.1, -0.05) is 20.3 Å². The molecule has 0 rings (SSSR count). The van der Waals surface area contributed by atoms with E-state index in [0.29, 0.717) is 6.61 Å². The minimum Gasteiger partial charge on any atom is -0.464 e. The van der Waals surface area contributed by atoms with Gasteiger partial charge in [-0.05, 0) is 25.2 Å². The smallest absolute Gasteiger partial charge is 0.328 e. The Hall–Kier alpha value is -1.10. The van der Waals surface area contributed by atoms with E-state index in [1.54, 1.807) is 0 Å². The first kappa shape index (κ1) is 16.9. The van der Waals surface area contributed by atoms with E-state index in [1.165, 1.54) is 6.92 Å². The van der Waals surface area contributed by atoms with E-state index in [2.05, 4.69) is 5.32 Å². The molecule has 106 valence electrons. The van der Waals surface area contributed by atoms with E-state index >= 15 is 0 Å². The molecule has 0 aromatic heterocycles. The highest BCUT2D eigenvalue weighted by atomic mass is 16.5. The Bertz CT molecular complexity index is 253. The van der Waals surface area contributed by atoms with Gasteiger partial charge in [-0.25, -0.2) is 4.79 Å². The highest BCUT2D eigenvalue weighted by Crippen LogP contribution is 2.05. The van der Waals surface area contributed by atoms with Crippen LogP contribution in [0, 0.1) is 5.92 Å². The summed E-state index contributed by atoms with van der Waals surface area (Å²) in [5.41, 5.74) is 0. The Kier molecular flexibility index (Phi) is 9.28. The maximum atomic E-state index is 11.7. The monoisotopic (exact) mass is 259 g/mol. The van der Waals surface area contributed by atoms with Gasteiger partial charge in [0.2, 0.25) is 5.91 Å². The fourth-order valence-corrected chi connectivity index (χ4v) is 1.55. The van der Waals surface area contributed by atoms with Crippen molar-refractivity contribution < 1.29 is 19.4 Å². The third kappa shape index (κ3) is 8.06. The number of aliphatic hydroxyl groups excluding tert-OH is 1. The lowest BCUT2D eigenvalue weighted by atomic mass is 10.0. The summed E-state index contributed by atoms with van der Waals surface area (Å²) in [7, 11) is 0. The van der Waals surface area contributed by atoms with Crippen LogP contribution in [-0.2, 0) is 14.3 Å². The first-order valence-corrected chi connectivity index (χ1v) is 6.53. The minimum absolute atomic E-state index is 0.00999. The molecule has 5 heteroatoms. The van der Waals surface area contributed by atoms with Crippen molar-refractivity contribution in [2.75, 3.05) is 13.2 Å². The van der Waals surface area contributed by atoms with Crippen molar-refractivity contribution >= 4 is 11.9 Å². The summed E-state index contributed by atoms with van der Waals surface area (Å²) in [6, 6.07) is -0.569. The van der Waals surface area contributed by atoms with Crippen LogP contribution in [0.25, 0.3) is 0 Å².